The minimum atomic E-state index is -0.667. The summed E-state index contributed by atoms with van der Waals surface area (Å²) in [6.45, 7) is 4.58. The molecule has 4 rings (SSSR count). The van der Waals surface area contributed by atoms with E-state index in [1.165, 1.54) is 5.56 Å². The van der Waals surface area contributed by atoms with Gasteiger partial charge in [0.2, 0.25) is 5.91 Å². The highest BCUT2D eigenvalue weighted by molar-refractivity contribution is 6.42. The lowest BCUT2D eigenvalue weighted by Gasteiger charge is -2.29. The Balaban J connectivity index is 1.52. The van der Waals surface area contributed by atoms with Crippen LogP contribution in [0.3, 0.4) is 0 Å². The molecule has 0 unspecified atom stereocenters. The Morgan fingerprint density at radius 2 is 1.69 bits per heavy atom. The third-order valence-corrected chi connectivity index (χ3v) is 7.09. The van der Waals surface area contributed by atoms with E-state index in [0.29, 0.717) is 29.6 Å². The predicted molar refractivity (Wildman–Crippen MR) is 145 cm³/mol. The summed E-state index contributed by atoms with van der Waals surface area (Å²) in [7, 11) is 0. The van der Waals surface area contributed by atoms with Crippen LogP contribution in [-0.2, 0) is 24.3 Å². The first-order valence-electron chi connectivity index (χ1n) is 12.1. The highest BCUT2D eigenvalue weighted by Gasteiger charge is 2.24. The fourth-order valence-corrected chi connectivity index (χ4v) is 4.77. The van der Waals surface area contributed by atoms with Gasteiger partial charge in [-0.3, -0.25) is 9.69 Å². The van der Waals surface area contributed by atoms with Gasteiger partial charge in [-0.25, -0.2) is 0 Å². The topological polar surface area (TPSA) is 61.6 Å². The number of para-hydroxylation sites is 1. The summed E-state index contributed by atoms with van der Waals surface area (Å²) in [6, 6.07) is 23.4. The summed E-state index contributed by atoms with van der Waals surface area (Å²) >= 11 is 12.2. The molecule has 184 valence electrons. The Kier molecular flexibility index (Phi) is 9.05. The molecule has 0 radical (unpaired) electrons. The number of carbonyl (C=O) groups is 1. The van der Waals surface area contributed by atoms with Crippen molar-refractivity contribution in [2.24, 2.45) is 5.73 Å². The van der Waals surface area contributed by atoms with Crippen LogP contribution in [0.5, 0.6) is 0 Å². The normalized spacial score (nSPS) is 16.0. The molecule has 1 heterocycles. The molecule has 3 N–H and O–H groups in total. The van der Waals surface area contributed by atoms with E-state index in [4.69, 9.17) is 28.9 Å². The number of fused-ring (bicyclic) bond motifs is 1. The van der Waals surface area contributed by atoms with Gasteiger partial charge in [0.15, 0.2) is 0 Å². The van der Waals surface area contributed by atoms with E-state index >= 15 is 0 Å². The van der Waals surface area contributed by atoms with E-state index in [1.807, 2.05) is 29.2 Å². The maximum absolute atomic E-state index is 13.6. The van der Waals surface area contributed by atoms with Gasteiger partial charge in [-0.05, 0) is 47.7 Å². The Labute approximate surface area is 217 Å². The van der Waals surface area contributed by atoms with Crippen molar-refractivity contribution in [3.05, 3.63) is 99.5 Å². The van der Waals surface area contributed by atoms with E-state index in [0.717, 1.165) is 49.4 Å². The number of nitrogens with two attached hydrogens (primary N) is 1. The van der Waals surface area contributed by atoms with Crippen LogP contribution >= 0.6 is 23.2 Å². The predicted octanol–water partition coefficient (Wildman–Crippen LogP) is 5.21. The molecule has 0 saturated carbocycles. The van der Waals surface area contributed by atoms with Crippen LogP contribution in [0.25, 0.3) is 0 Å². The molecule has 0 saturated heterocycles. The smallest absolute Gasteiger partial charge is 0.240 e. The number of hydrogen-bond acceptors (Lipinski definition) is 4. The Bertz CT molecular complexity index is 1120. The average molecular weight is 511 g/mol. The van der Waals surface area contributed by atoms with Gasteiger partial charge in [0, 0.05) is 45.0 Å². The lowest BCUT2D eigenvalue weighted by molar-refractivity contribution is -0.133. The van der Waals surface area contributed by atoms with Crippen molar-refractivity contribution in [3.63, 3.8) is 0 Å². The number of carbonyl (C=O) groups excluding carboxylic acids is 1. The summed E-state index contributed by atoms with van der Waals surface area (Å²) in [5.41, 5.74) is 10.8. The molecule has 1 aliphatic rings. The Morgan fingerprint density at radius 1 is 0.914 bits per heavy atom. The van der Waals surface area contributed by atoms with Gasteiger partial charge in [-0.1, -0.05) is 77.8 Å². The number of halogens is 2. The first kappa shape index (κ1) is 25.5. The van der Waals surface area contributed by atoms with Crippen molar-refractivity contribution in [2.45, 2.75) is 32.0 Å². The molecule has 35 heavy (non-hydrogen) atoms. The van der Waals surface area contributed by atoms with Gasteiger partial charge >= 0.3 is 0 Å². The molecule has 3 aromatic rings. The highest BCUT2D eigenvalue weighted by Crippen LogP contribution is 2.24. The van der Waals surface area contributed by atoms with Crippen molar-refractivity contribution in [1.29, 1.82) is 0 Å². The van der Waals surface area contributed by atoms with Crippen LogP contribution < -0.4 is 11.1 Å². The van der Waals surface area contributed by atoms with Crippen molar-refractivity contribution < 1.29 is 4.79 Å². The monoisotopic (exact) mass is 510 g/mol. The zero-order chi connectivity index (χ0) is 24.6. The van der Waals surface area contributed by atoms with E-state index in [2.05, 4.69) is 46.6 Å². The minimum Gasteiger partial charge on any atom is -0.385 e. The van der Waals surface area contributed by atoms with Crippen LogP contribution in [0.2, 0.25) is 10.0 Å². The molecular weight excluding hydrogens is 479 g/mol. The second kappa shape index (κ2) is 12.4. The highest BCUT2D eigenvalue weighted by atomic mass is 35.5. The van der Waals surface area contributed by atoms with Crippen molar-refractivity contribution in [2.75, 3.05) is 31.5 Å². The number of nitrogens with zero attached hydrogens (tertiary/aromatic N) is 2. The molecule has 3 aromatic carbocycles. The number of nitrogens with one attached hydrogen (secondary N) is 1. The first-order chi connectivity index (χ1) is 17.0. The van der Waals surface area contributed by atoms with Crippen LogP contribution in [0, 0.1) is 0 Å². The summed E-state index contributed by atoms with van der Waals surface area (Å²) in [5, 5.41) is 4.52. The molecule has 0 bridgehead atoms. The summed E-state index contributed by atoms with van der Waals surface area (Å²) in [4.78, 5) is 17.9. The second-order valence-corrected chi connectivity index (χ2v) is 9.83. The fourth-order valence-electron chi connectivity index (χ4n) is 4.45. The number of amides is 1. The van der Waals surface area contributed by atoms with Gasteiger partial charge < -0.3 is 16.0 Å². The Hall–Kier alpha value is -2.57. The van der Waals surface area contributed by atoms with Gasteiger partial charge in [0.05, 0.1) is 16.1 Å². The van der Waals surface area contributed by atoms with Gasteiger partial charge in [-0.2, -0.15) is 0 Å². The van der Waals surface area contributed by atoms with Crippen molar-refractivity contribution >= 4 is 34.8 Å². The van der Waals surface area contributed by atoms with Crippen LogP contribution in [-0.4, -0.2) is 47.9 Å². The average Bonchev–Trinajstić information content (AvgIpc) is 2.90. The van der Waals surface area contributed by atoms with Crippen LogP contribution in [0.1, 0.15) is 23.1 Å². The maximum Gasteiger partial charge on any atom is 0.240 e. The summed E-state index contributed by atoms with van der Waals surface area (Å²) < 4.78 is 0. The fraction of sp³-hybridized carbons (Fsp3) is 0.321. The lowest BCUT2D eigenvalue weighted by Crippen LogP contribution is -2.47. The zero-order valence-corrected chi connectivity index (χ0v) is 21.3. The quantitative estimate of drug-likeness (QED) is 0.494. The van der Waals surface area contributed by atoms with Gasteiger partial charge in [0.1, 0.15) is 0 Å². The molecular formula is C28H32Cl2N4O. The summed E-state index contributed by atoms with van der Waals surface area (Å²) in [5.74, 6) is -0.0650. The van der Waals surface area contributed by atoms with Crippen molar-refractivity contribution in [1.82, 2.24) is 9.80 Å². The van der Waals surface area contributed by atoms with E-state index in [1.54, 1.807) is 12.1 Å². The van der Waals surface area contributed by atoms with Gasteiger partial charge in [-0.15, -0.1) is 0 Å². The minimum absolute atomic E-state index is 0.0650. The lowest BCUT2D eigenvalue weighted by atomic mass is 10.0. The number of anilines is 1. The molecule has 1 aliphatic heterocycles. The van der Waals surface area contributed by atoms with E-state index in [-0.39, 0.29) is 5.91 Å². The first-order valence-corrected chi connectivity index (χ1v) is 12.8. The third kappa shape index (κ3) is 7.21. The maximum atomic E-state index is 13.6. The molecule has 0 fully saturated rings. The SMILES string of the molecule is N[C@@H](Cc1ccc(Cl)c(Cl)c1)C(=O)N1CCN(Cc2ccccc2)CCCNc2ccccc2C1. The summed E-state index contributed by atoms with van der Waals surface area (Å²) in [6.07, 6.45) is 1.42. The van der Waals surface area contributed by atoms with E-state index in [9.17, 15) is 4.79 Å². The van der Waals surface area contributed by atoms with Crippen molar-refractivity contribution in [3.8, 4) is 0 Å². The van der Waals surface area contributed by atoms with Gasteiger partial charge in [0.25, 0.3) is 0 Å². The molecule has 0 aromatic heterocycles. The Morgan fingerprint density at radius 3 is 2.49 bits per heavy atom. The molecule has 7 heteroatoms. The largest absolute Gasteiger partial charge is 0.385 e. The molecule has 1 atom stereocenters. The van der Waals surface area contributed by atoms with Crippen LogP contribution in [0.4, 0.5) is 5.69 Å². The molecule has 1 amide bonds. The zero-order valence-electron chi connectivity index (χ0n) is 19.8. The van der Waals surface area contributed by atoms with E-state index < -0.39 is 6.04 Å². The number of hydrogen-bond donors (Lipinski definition) is 2. The molecule has 0 aliphatic carbocycles. The van der Waals surface area contributed by atoms with Crippen LogP contribution in [0.15, 0.2) is 72.8 Å². The second-order valence-electron chi connectivity index (χ2n) is 9.02. The standard InChI is InChI=1S/C28H32Cl2N4O/c29-24-12-11-22(17-25(24)30)18-26(31)28(35)34-16-15-33(19-21-7-2-1-3-8-21)14-6-13-32-27-10-5-4-9-23(27)20-34/h1-5,7-12,17,26,32H,6,13-16,18-20,31H2/t26-/m0/s1. The molecule has 0 spiro atoms. The third-order valence-electron chi connectivity index (χ3n) is 6.35. The molecule has 5 nitrogen and oxygen atoms in total. The number of benzene rings is 3. The number of rotatable bonds is 5.